The summed E-state index contributed by atoms with van der Waals surface area (Å²) in [6.45, 7) is 1.65. The number of non-ortho nitro benzene ring substituents is 1. The lowest BCUT2D eigenvalue weighted by atomic mass is 10.3. The lowest BCUT2D eigenvalue weighted by Gasteiger charge is -2.00. The summed E-state index contributed by atoms with van der Waals surface area (Å²) in [6.07, 6.45) is 0. The zero-order valence-electron chi connectivity index (χ0n) is 10.8. The highest BCUT2D eigenvalue weighted by Gasteiger charge is 2.24. The normalized spacial score (nSPS) is 11.5. The molecule has 0 saturated carbocycles. The maximum Gasteiger partial charge on any atom is 0.321 e. The highest BCUT2D eigenvalue weighted by molar-refractivity contribution is 7.94. The molecule has 0 unspecified atom stereocenters. The number of ether oxygens (including phenoxy) is 1. The van der Waals surface area contributed by atoms with Crippen molar-refractivity contribution in [3.8, 4) is 0 Å². The summed E-state index contributed by atoms with van der Waals surface area (Å²) in [6, 6.07) is 3.85. The van der Waals surface area contributed by atoms with Gasteiger partial charge in [-0.1, -0.05) is 0 Å². The highest BCUT2D eigenvalue weighted by atomic mass is 32.2. The van der Waals surface area contributed by atoms with Gasteiger partial charge in [0.1, 0.15) is 0 Å². The SMILES string of the molecule is CCOC(=O)CS(=O)(=O)c1nc2ccc([N+](=O)[O-])cc2s1. The van der Waals surface area contributed by atoms with E-state index >= 15 is 0 Å². The molecule has 1 aromatic heterocycles. The number of benzene rings is 1. The molecule has 1 aromatic carbocycles. The molecule has 2 aromatic rings. The molecular weight excluding hydrogens is 320 g/mol. The number of nitrogens with zero attached hydrogens (tertiary/aromatic N) is 2. The van der Waals surface area contributed by atoms with Crippen LogP contribution in [0.1, 0.15) is 6.92 Å². The number of aromatic nitrogens is 1. The molecule has 0 aliphatic rings. The van der Waals surface area contributed by atoms with Gasteiger partial charge in [-0.15, -0.1) is 11.3 Å². The topological polar surface area (TPSA) is 116 Å². The van der Waals surface area contributed by atoms with Gasteiger partial charge in [-0.25, -0.2) is 13.4 Å². The molecule has 0 fully saturated rings. The first kappa shape index (κ1) is 15.3. The number of sulfone groups is 1. The largest absolute Gasteiger partial charge is 0.465 e. The number of rotatable bonds is 5. The molecule has 0 aliphatic heterocycles. The average Bonchev–Trinajstić information content (AvgIpc) is 2.81. The molecule has 21 heavy (non-hydrogen) atoms. The summed E-state index contributed by atoms with van der Waals surface area (Å²) in [5.74, 6) is -1.66. The van der Waals surface area contributed by atoms with Crippen LogP contribution in [0, 0.1) is 10.1 Å². The third-order valence-corrected chi connectivity index (χ3v) is 5.51. The first-order valence-electron chi connectivity index (χ1n) is 5.77. The molecule has 1 heterocycles. The summed E-state index contributed by atoms with van der Waals surface area (Å²) >= 11 is 0.785. The smallest absolute Gasteiger partial charge is 0.321 e. The van der Waals surface area contributed by atoms with Gasteiger partial charge in [0.05, 0.1) is 21.7 Å². The van der Waals surface area contributed by atoms with Gasteiger partial charge in [-0.2, -0.15) is 0 Å². The van der Waals surface area contributed by atoms with Crippen LogP contribution in [0.15, 0.2) is 22.5 Å². The van der Waals surface area contributed by atoms with E-state index < -0.39 is 26.5 Å². The Labute approximate surface area is 123 Å². The third-order valence-electron chi connectivity index (χ3n) is 2.44. The van der Waals surface area contributed by atoms with Crippen LogP contribution >= 0.6 is 11.3 Å². The van der Waals surface area contributed by atoms with Gasteiger partial charge in [0.2, 0.25) is 14.2 Å². The predicted octanol–water partition coefficient (Wildman–Crippen LogP) is 1.54. The van der Waals surface area contributed by atoms with E-state index in [1.165, 1.54) is 18.2 Å². The van der Waals surface area contributed by atoms with Crippen LogP contribution in [-0.2, 0) is 19.4 Å². The van der Waals surface area contributed by atoms with Gasteiger partial charge in [-0.05, 0) is 13.0 Å². The van der Waals surface area contributed by atoms with E-state index in [4.69, 9.17) is 0 Å². The first-order chi connectivity index (χ1) is 9.83. The van der Waals surface area contributed by atoms with E-state index in [0.29, 0.717) is 10.2 Å². The quantitative estimate of drug-likeness (QED) is 0.463. The Balaban J connectivity index is 2.38. The van der Waals surface area contributed by atoms with E-state index in [1.54, 1.807) is 6.92 Å². The monoisotopic (exact) mass is 330 g/mol. The molecule has 8 nitrogen and oxygen atoms in total. The molecular formula is C11H10N2O6S2. The molecule has 10 heteroatoms. The van der Waals surface area contributed by atoms with Crippen molar-refractivity contribution in [1.29, 1.82) is 0 Å². The van der Waals surface area contributed by atoms with Crippen LogP contribution in [0.3, 0.4) is 0 Å². The van der Waals surface area contributed by atoms with Gasteiger partial charge < -0.3 is 4.74 Å². The number of carbonyl (C=O) groups excluding carboxylic acids is 1. The van der Waals surface area contributed by atoms with E-state index in [2.05, 4.69) is 9.72 Å². The Morgan fingerprint density at radius 2 is 2.19 bits per heavy atom. The number of hydrogen-bond acceptors (Lipinski definition) is 8. The zero-order valence-corrected chi connectivity index (χ0v) is 12.4. The van der Waals surface area contributed by atoms with Crippen LogP contribution in [-0.4, -0.2) is 36.7 Å². The molecule has 0 radical (unpaired) electrons. The lowest BCUT2D eigenvalue weighted by Crippen LogP contribution is -2.18. The summed E-state index contributed by atoms with van der Waals surface area (Å²) in [4.78, 5) is 25.3. The minimum absolute atomic E-state index is 0.0837. The number of nitro benzene ring substituents is 1. The molecule has 0 N–H and O–H groups in total. The van der Waals surface area contributed by atoms with Crippen molar-refractivity contribution in [2.24, 2.45) is 0 Å². The second-order valence-corrected chi connectivity index (χ2v) is 7.15. The van der Waals surface area contributed by atoms with Crippen molar-refractivity contribution < 1.29 is 22.9 Å². The standard InChI is InChI=1S/C11H10N2O6S2/c1-2-19-10(14)6-21(17,18)11-12-8-4-3-7(13(15)16)5-9(8)20-11/h3-5H,2,6H2,1H3. The summed E-state index contributed by atoms with van der Waals surface area (Å²) in [7, 11) is -3.91. The van der Waals surface area contributed by atoms with E-state index in [0.717, 1.165) is 11.3 Å². The maximum absolute atomic E-state index is 12.0. The number of nitro groups is 1. The van der Waals surface area contributed by atoms with E-state index in [-0.39, 0.29) is 16.6 Å². The average molecular weight is 330 g/mol. The predicted molar refractivity (Wildman–Crippen MR) is 75.0 cm³/mol. The van der Waals surface area contributed by atoms with Gasteiger partial charge in [-0.3, -0.25) is 14.9 Å². The van der Waals surface area contributed by atoms with Gasteiger partial charge in [0, 0.05) is 12.1 Å². The van der Waals surface area contributed by atoms with Crippen LogP contribution in [0.25, 0.3) is 10.2 Å². The maximum atomic E-state index is 12.0. The number of hydrogen-bond donors (Lipinski definition) is 0. The van der Waals surface area contributed by atoms with Gasteiger partial charge >= 0.3 is 5.97 Å². The van der Waals surface area contributed by atoms with Crippen molar-refractivity contribution in [3.05, 3.63) is 28.3 Å². The van der Waals surface area contributed by atoms with Crippen molar-refractivity contribution in [2.45, 2.75) is 11.3 Å². The fourth-order valence-electron chi connectivity index (χ4n) is 1.56. The van der Waals surface area contributed by atoms with Crippen LogP contribution in [0.4, 0.5) is 5.69 Å². The second kappa shape index (κ2) is 5.74. The second-order valence-electron chi connectivity index (χ2n) is 3.95. The minimum atomic E-state index is -3.91. The summed E-state index contributed by atoms with van der Waals surface area (Å²) in [5, 5.41) is 10.7. The highest BCUT2D eigenvalue weighted by Crippen LogP contribution is 2.29. The van der Waals surface area contributed by atoms with Crippen molar-refractivity contribution >= 4 is 43.0 Å². The Morgan fingerprint density at radius 1 is 1.48 bits per heavy atom. The molecule has 0 saturated heterocycles. The molecule has 0 amide bonds. The van der Waals surface area contributed by atoms with E-state index in [9.17, 15) is 23.3 Å². The fraction of sp³-hybridized carbons (Fsp3) is 0.273. The summed E-state index contributed by atoms with van der Waals surface area (Å²) < 4.78 is 28.7. The Morgan fingerprint density at radius 3 is 2.81 bits per heavy atom. The molecule has 112 valence electrons. The summed E-state index contributed by atoms with van der Waals surface area (Å²) in [5.41, 5.74) is 0.175. The van der Waals surface area contributed by atoms with Crippen LogP contribution in [0.2, 0.25) is 0 Å². The number of fused-ring (bicyclic) bond motifs is 1. The van der Waals surface area contributed by atoms with Crippen molar-refractivity contribution in [2.75, 3.05) is 12.4 Å². The van der Waals surface area contributed by atoms with E-state index in [1.807, 2.05) is 0 Å². The van der Waals surface area contributed by atoms with Gasteiger partial charge in [0.25, 0.3) is 5.69 Å². The molecule has 0 atom stereocenters. The molecule has 0 aliphatic carbocycles. The zero-order chi connectivity index (χ0) is 15.6. The van der Waals surface area contributed by atoms with Crippen molar-refractivity contribution in [1.82, 2.24) is 4.98 Å². The minimum Gasteiger partial charge on any atom is -0.465 e. The van der Waals surface area contributed by atoms with Crippen LogP contribution < -0.4 is 0 Å². The molecule has 2 rings (SSSR count). The van der Waals surface area contributed by atoms with Gasteiger partial charge in [0.15, 0.2) is 5.75 Å². The van der Waals surface area contributed by atoms with Crippen molar-refractivity contribution in [3.63, 3.8) is 0 Å². The first-order valence-corrected chi connectivity index (χ1v) is 8.23. The Kier molecular flexibility index (Phi) is 4.19. The van der Waals surface area contributed by atoms with Crippen LogP contribution in [0.5, 0.6) is 0 Å². The number of esters is 1. The Hall–Kier alpha value is -2.07. The fourth-order valence-corrected chi connectivity index (χ4v) is 4.00. The Bertz CT molecular complexity index is 811. The number of carbonyl (C=O) groups is 1. The lowest BCUT2D eigenvalue weighted by molar-refractivity contribution is -0.384. The molecule has 0 bridgehead atoms. The molecule has 0 spiro atoms. The third kappa shape index (κ3) is 3.34. The number of thiazole rings is 1.